The quantitative estimate of drug-likeness (QED) is 0.512. The van der Waals surface area contributed by atoms with Crippen molar-refractivity contribution in [3.63, 3.8) is 0 Å². The molecule has 3 aromatic rings. The highest BCUT2D eigenvalue weighted by molar-refractivity contribution is 5.91. The van der Waals surface area contributed by atoms with Gasteiger partial charge in [-0.05, 0) is 39.0 Å². The number of non-ortho nitro benzene ring substituents is 1. The van der Waals surface area contributed by atoms with Crippen molar-refractivity contribution in [3.05, 3.63) is 75.6 Å². The molecule has 8 nitrogen and oxygen atoms in total. The smallest absolute Gasteiger partial charge is 0.275 e. The van der Waals surface area contributed by atoms with Crippen molar-refractivity contribution in [1.29, 1.82) is 0 Å². The lowest BCUT2D eigenvalue weighted by Gasteiger charge is -2.10. The number of hydrogen-bond donors (Lipinski definition) is 1. The van der Waals surface area contributed by atoms with Crippen molar-refractivity contribution in [3.8, 4) is 11.5 Å². The van der Waals surface area contributed by atoms with Crippen LogP contribution < -0.4 is 10.1 Å². The van der Waals surface area contributed by atoms with E-state index in [1.807, 2.05) is 39.0 Å². The minimum absolute atomic E-state index is 0.0104. The first-order chi connectivity index (χ1) is 13.3. The first-order valence-corrected chi connectivity index (χ1v) is 8.65. The van der Waals surface area contributed by atoms with E-state index in [0.717, 1.165) is 17.0 Å². The van der Waals surface area contributed by atoms with Crippen LogP contribution in [0.15, 0.2) is 48.5 Å². The Labute approximate surface area is 161 Å². The molecule has 0 aliphatic carbocycles. The van der Waals surface area contributed by atoms with Crippen LogP contribution in [0, 0.1) is 30.9 Å². The predicted molar refractivity (Wildman–Crippen MR) is 105 cm³/mol. The standard InChI is InChI=1S/C20H20N4O4/c1-13-4-6-18(7-5-13)28-19-10-16(9-17(11-19)24(26)27)21-20(25)12-23-15(3)8-14(2)22-23/h4-11H,12H2,1-3H3,(H,21,25). The lowest BCUT2D eigenvalue weighted by atomic mass is 10.2. The van der Waals surface area contributed by atoms with Gasteiger partial charge in [-0.1, -0.05) is 17.7 Å². The molecular weight excluding hydrogens is 360 g/mol. The third-order valence-electron chi connectivity index (χ3n) is 4.04. The molecule has 1 aromatic heterocycles. The number of aryl methyl sites for hydroxylation is 3. The van der Waals surface area contributed by atoms with Crippen molar-refractivity contribution in [1.82, 2.24) is 9.78 Å². The highest BCUT2D eigenvalue weighted by Crippen LogP contribution is 2.30. The second-order valence-corrected chi connectivity index (χ2v) is 6.52. The third-order valence-corrected chi connectivity index (χ3v) is 4.04. The van der Waals surface area contributed by atoms with E-state index in [-0.39, 0.29) is 29.6 Å². The Kier molecular flexibility index (Phi) is 5.39. The number of amides is 1. The van der Waals surface area contributed by atoms with Gasteiger partial charge in [0.25, 0.3) is 5.69 Å². The van der Waals surface area contributed by atoms with Crippen molar-refractivity contribution >= 4 is 17.3 Å². The molecule has 0 atom stereocenters. The summed E-state index contributed by atoms with van der Waals surface area (Å²) in [5.41, 5.74) is 2.85. The summed E-state index contributed by atoms with van der Waals surface area (Å²) in [6, 6.07) is 13.3. The summed E-state index contributed by atoms with van der Waals surface area (Å²) in [5.74, 6) is 0.471. The Morgan fingerprint density at radius 1 is 1.11 bits per heavy atom. The maximum absolute atomic E-state index is 12.3. The molecule has 0 spiro atoms. The molecule has 0 radical (unpaired) electrons. The number of nitro benzene ring substituents is 1. The summed E-state index contributed by atoms with van der Waals surface area (Å²) in [7, 11) is 0. The van der Waals surface area contributed by atoms with E-state index in [1.165, 1.54) is 12.1 Å². The molecule has 1 heterocycles. The monoisotopic (exact) mass is 380 g/mol. The lowest BCUT2D eigenvalue weighted by molar-refractivity contribution is -0.384. The van der Waals surface area contributed by atoms with Gasteiger partial charge in [0.05, 0.1) is 22.4 Å². The van der Waals surface area contributed by atoms with Gasteiger partial charge in [-0.2, -0.15) is 5.10 Å². The van der Waals surface area contributed by atoms with Gasteiger partial charge in [0.1, 0.15) is 18.0 Å². The third kappa shape index (κ3) is 4.73. The minimum Gasteiger partial charge on any atom is -0.457 e. The maximum Gasteiger partial charge on any atom is 0.275 e. The lowest BCUT2D eigenvalue weighted by Crippen LogP contribution is -2.20. The van der Waals surface area contributed by atoms with E-state index >= 15 is 0 Å². The zero-order chi connectivity index (χ0) is 20.3. The van der Waals surface area contributed by atoms with E-state index in [9.17, 15) is 14.9 Å². The van der Waals surface area contributed by atoms with E-state index in [1.54, 1.807) is 22.9 Å². The number of hydrogen-bond acceptors (Lipinski definition) is 5. The molecule has 28 heavy (non-hydrogen) atoms. The van der Waals surface area contributed by atoms with Crippen molar-refractivity contribution in [2.45, 2.75) is 27.3 Å². The van der Waals surface area contributed by atoms with Crippen molar-refractivity contribution in [2.24, 2.45) is 0 Å². The van der Waals surface area contributed by atoms with Crippen LogP contribution in [0.5, 0.6) is 11.5 Å². The molecule has 1 N–H and O–H groups in total. The predicted octanol–water partition coefficient (Wildman–Crippen LogP) is 4.15. The second kappa shape index (κ2) is 7.91. The molecule has 2 aromatic carbocycles. The summed E-state index contributed by atoms with van der Waals surface area (Å²) >= 11 is 0. The van der Waals surface area contributed by atoms with Gasteiger partial charge in [-0.3, -0.25) is 19.6 Å². The molecule has 0 aliphatic heterocycles. The first kappa shape index (κ1) is 19.1. The summed E-state index contributed by atoms with van der Waals surface area (Å²) in [4.78, 5) is 23.1. The fourth-order valence-electron chi connectivity index (χ4n) is 2.73. The number of aromatic nitrogens is 2. The van der Waals surface area contributed by atoms with Crippen LogP contribution in [-0.2, 0) is 11.3 Å². The number of carbonyl (C=O) groups excluding carboxylic acids is 1. The van der Waals surface area contributed by atoms with Gasteiger partial charge in [0.2, 0.25) is 5.91 Å². The Hall–Kier alpha value is -3.68. The van der Waals surface area contributed by atoms with Crippen molar-refractivity contribution < 1.29 is 14.5 Å². The van der Waals surface area contributed by atoms with Crippen LogP contribution >= 0.6 is 0 Å². The normalized spacial score (nSPS) is 10.5. The number of rotatable bonds is 6. The Morgan fingerprint density at radius 3 is 2.43 bits per heavy atom. The second-order valence-electron chi connectivity index (χ2n) is 6.52. The Bertz CT molecular complexity index is 1030. The van der Waals surface area contributed by atoms with E-state index in [0.29, 0.717) is 5.75 Å². The Morgan fingerprint density at radius 2 is 1.82 bits per heavy atom. The van der Waals surface area contributed by atoms with Gasteiger partial charge in [0.15, 0.2) is 0 Å². The van der Waals surface area contributed by atoms with Gasteiger partial charge >= 0.3 is 0 Å². The summed E-state index contributed by atoms with van der Waals surface area (Å²) in [5, 5.41) is 18.2. The maximum atomic E-state index is 12.3. The fraction of sp³-hybridized carbons (Fsp3) is 0.200. The zero-order valence-electron chi connectivity index (χ0n) is 15.8. The zero-order valence-corrected chi connectivity index (χ0v) is 15.8. The molecule has 0 saturated carbocycles. The molecule has 0 saturated heterocycles. The number of ether oxygens (including phenoxy) is 1. The molecule has 0 bridgehead atoms. The number of carbonyl (C=O) groups is 1. The average molecular weight is 380 g/mol. The number of nitrogens with one attached hydrogen (secondary N) is 1. The summed E-state index contributed by atoms with van der Waals surface area (Å²) in [6.45, 7) is 5.66. The van der Waals surface area contributed by atoms with E-state index in [4.69, 9.17) is 4.74 Å². The molecule has 8 heteroatoms. The minimum atomic E-state index is -0.529. The van der Waals surface area contributed by atoms with Crippen LogP contribution in [0.1, 0.15) is 17.0 Å². The highest BCUT2D eigenvalue weighted by Gasteiger charge is 2.14. The van der Waals surface area contributed by atoms with E-state index < -0.39 is 4.92 Å². The van der Waals surface area contributed by atoms with Crippen LogP contribution in [0.4, 0.5) is 11.4 Å². The Balaban J connectivity index is 1.80. The van der Waals surface area contributed by atoms with E-state index in [2.05, 4.69) is 10.4 Å². The topological polar surface area (TPSA) is 99.3 Å². The summed E-state index contributed by atoms with van der Waals surface area (Å²) < 4.78 is 7.29. The van der Waals surface area contributed by atoms with Crippen LogP contribution in [0.25, 0.3) is 0 Å². The van der Waals surface area contributed by atoms with Crippen molar-refractivity contribution in [2.75, 3.05) is 5.32 Å². The highest BCUT2D eigenvalue weighted by atomic mass is 16.6. The summed E-state index contributed by atoms with van der Waals surface area (Å²) in [6.07, 6.45) is 0. The fourth-order valence-corrected chi connectivity index (χ4v) is 2.73. The van der Waals surface area contributed by atoms with Crippen LogP contribution in [0.2, 0.25) is 0 Å². The molecule has 0 unspecified atom stereocenters. The molecule has 144 valence electrons. The molecule has 3 rings (SSSR count). The number of anilines is 1. The SMILES string of the molecule is Cc1ccc(Oc2cc(NC(=O)Cn3nc(C)cc3C)cc([N+](=O)[O-])c2)cc1. The number of nitrogens with zero attached hydrogens (tertiary/aromatic N) is 3. The molecular formula is C20H20N4O4. The van der Waals surface area contributed by atoms with Crippen LogP contribution in [0.3, 0.4) is 0 Å². The van der Waals surface area contributed by atoms with Gasteiger partial charge < -0.3 is 10.1 Å². The first-order valence-electron chi connectivity index (χ1n) is 8.65. The molecule has 0 fully saturated rings. The van der Waals surface area contributed by atoms with Gasteiger partial charge in [-0.15, -0.1) is 0 Å². The van der Waals surface area contributed by atoms with Gasteiger partial charge in [0, 0.05) is 17.8 Å². The number of nitro groups is 1. The van der Waals surface area contributed by atoms with Crippen LogP contribution in [-0.4, -0.2) is 20.6 Å². The molecule has 1 amide bonds. The van der Waals surface area contributed by atoms with Gasteiger partial charge in [-0.25, -0.2) is 0 Å². The largest absolute Gasteiger partial charge is 0.457 e. The number of benzene rings is 2. The molecule has 0 aliphatic rings. The average Bonchev–Trinajstić information content (AvgIpc) is 2.93.